The highest BCUT2D eigenvalue weighted by Gasteiger charge is 2.95. The van der Waals surface area contributed by atoms with Gasteiger partial charge in [-0.05, 0) is 31.7 Å². The first kappa shape index (κ1) is 23.8. The Bertz CT molecular complexity index is 886. The second-order valence-corrected chi connectivity index (χ2v) is 12.4. The van der Waals surface area contributed by atoms with Crippen LogP contribution >= 0.6 is 0 Å². The highest BCUT2D eigenvalue weighted by Crippen LogP contribution is 2.84. The molecule has 5 aliphatic carbocycles. The molecule has 14 atom stereocenters. The predicted molar refractivity (Wildman–Crippen MR) is 126 cm³/mol. The Labute approximate surface area is 209 Å². The fourth-order valence-electron chi connectivity index (χ4n) is 12.2. The first-order chi connectivity index (χ1) is 17.0. The summed E-state index contributed by atoms with van der Waals surface area (Å²) in [6.07, 6.45) is 4.22. The molecule has 9 bridgehead atoms. The first-order valence-electron chi connectivity index (χ1n) is 13.6. The predicted octanol–water partition coefficient (Wildman–Crippen LogP) is 1.94. The summed E-state index contributed by atoms with van der Waals surface area (Å²) in [4.78, 5) is 2.62. The van der Waals surface area contributed by atoms with Gasteiger partial charge in [-0.3, -0.25) is 4.90 Å². The lowest BCUT2D eigenvalue weighted by molar-refractivity contribution is -0.413. The molecular formula is C27H43NO7. The average molecular weight is 494 g/mol. The Morgan fingerprint density at radius 1 is 1.00 bits per heavy atom. The van der Waals surface area contributed by atoms with Gasteiger partial charge in [-0.1, -0.05) is 6.92 Å². The summed E-state index contributed by atoms with van der Waals surface area (Å²) in [7, 11) is 11.2. The van der Waals surface area contributed by atoms with Gasteiger partial charge in [-0.25, -0.2) is 0 Å². The van der Waals surface area contributed by atoms with Gasteiger partial charge in [0.15, 0.2) is 0 Å². The third kappa shape index (κ3) is 2.07. The van der Waals surface area contributed by atoms with Gasteiger partial charge < -0.3 is 33.2 Å². The topological polar surface area (TPSA) is 67.9 Å². The van der Waals surface area contributed by atoms with E-state index in [4.69, 9.17) is 33.2 Å². The van der Waals surface area contributed by atoms with Gasteiger partial charge in [0.2, 0.25) is 0 Å². The third-order valence-corrected chi connectivity index (χ3v) is 12.5. The Kier molecular flexibility index (Phi) is 5.03. The summed E-state index contributed by atoms with van der Waals surface area (Å²) >= 11 is 0. The van der Waals surface area contributed by atoms with E-state index in [1.807, 2.05) is 42.7 Å². The fourth-order valence-corrected chi connectivity index (χ4v) is 12.2. The molecule has 0 aromatic rings. The van der Waals surface area contributed by atoms with E-state index in [9.17, 15) is 0 Å². The average Bonchev–Trinajstić information content (AvgIpc) is 3.33. The van der Waals surface area contributed by atoms with Crippen molar-refractivity contribution < 1.29 is 33.2 Å². The number of methoxy groups -OCH3 is 6. The van der Waals surface area contributed by atoms with Crippen LogP contribution in [0.1, 0.15) is 32.6 Å². The van der Waals surface area contributed by atoms with Crippen LogP contribution in [0.5, 0.6) is 0 Å². The number of nitrogens with zero attached hydrogens (tertiary/aromatic N) is 1. The van der Waals surface area contributed by atoms with E-state index >= 15 is 0 Å². The Morgan fingerprint density at radius 3 is 2.40 bits per heavy atom. The summed E-state index contributed by atoms with van der Waals surface area (Å²) in [5.41, 5.74) is -1.48. The fraction of sp³-hybridized carbons (Fsp3) is 1.00. The molecule has 9 fully saturated rings. The standard InChI is InChI=1S/C27H43NO7/c1-8-28-22-26-15-11-14-16(30-3)12-25(33-6,18(15)19(14)31-4)27(22,34-7)21(32-5)20(26)24(13-29-2)10-9-17(26)35-23(24)28/h14-23H,8-13H2,1-7H3/t14-,15+,16+,17-,18-,19+,20-,21+,22+,23+,24+,25+,26+,27-/m1/s1. The maximum atomic E-state index is 7.09. The van der Waals surface area contributed by atoms with Gasteiger partial charge >= 0.3 is 0 Å². The van der Waals surface area contributed by atoms with Crippen molar-refractivity contribution in [2.24, 2.45) is 34.5 Å². The van der Waals surface area contributed by atoms with E-state index in [1.165, 1.54) is 0 Å². The van der Waals surface area contributed by atoms with E-state index in [1.54, 1.807) is 0 Å². The van der Waals surface area contributed by atoms with Crippen LogP contribution in [0.25, 0.3) is 0 Å². The van der Waals surface area contributed by atoms with Crippen molar-refractivity contribution in [3.63, 3.8) is 0 Å². The minimum atomic E-state index is -0.665. The molecule has 9 aliphatic rings. The monoisotopic (exact) mass is 493 g/mol. The maximum absolute atomic E-state index is 7.09. The van der Waals surface area contributed by atoms with Crippen LogP contribution in [0.4, 0.5) is 0 Å². The van der Waals surface area contributed by atoms with E-state index < -0.39 is 11.2 Å². The van der Waals surface area contributed by atoms with Crippen molar-refractivity contribution >= 4 is 0 Å². The number of likely N-dealkylation sites (N-methyl/N-ethyl adjacent to an activating group) is 1. The zero-order valence-corrected chi connectivity index (χ0v) is 22.3. The van der Waals surface area contributed by atoms with Crippen molar-refractivity contribution in [3.8, 4) is 0 Å². The smallest absolute Gasteiger partial charge is 0.139 e. The molecule has 1 spiro atoms. The van der Waals surface area contributed by atoms with Crippen molar-refractivity contribution in [2.45, 2.75) is 80.5 Å². The van der Waals surface area contributed by atoms with Gasteiger partial charge in [0, 0.05) is 77.7 Å². The molecule has 0 N–H and O–H groups in total. The SMILES string of the molecule is CCN1[C@H]2O[C@@H]3CC[C@]2(COC)[C@H]2[C@H](OC)[C@@]4(OC)[C@@H]1[C@]23[C@H]1C[C@H]2[C@H](OC)[C@@H]1[C@@]4(OC)C[C@@H]2OC. The van der Waals surface area contributed by atoms with Crippen molar-refractivity contribution in [2.75, 3.05) is 55.8 Å². The Hall–Kier alpha value is -0.320. The van der Waals surface area contributed by atoms with Crippen LogP contribution in [0.2, 0.25) is 0 Å². The van der Waals surface area contributed by atoms with Crippen LogP contribution < -0.4 is 0 Å². The molecular weight excluding hydrogens is 450 g/mol. The number of rotatable bonds is 8. The van der Waals surface area contributed by atoms with Crippen LogP contribution in [0.15, 0.2) is 0 Å². The zero-order chi connectivity index (χ0) is 24.5. The van der Waals surface area contributed by atoms with E-state index in [0.717, 1.165) is 32.2 Å². The molecule has 35 heavy (non-hydrogen) atoms. The molecule has 9 rings (SSSR count). The van der Waals surface area contributed by atoms with Gasteiger partial charge in [0.1, 0.15) is 17.4 Å². The largest absolute Gasteiger partial charge is 0.384 e. The minimum absolute atomic E-state index is 0.0123. The quantitative estimate of drug-likeness (QED) is 0.508. The maximum Gasteiger partial charge on any atom is 0.139 e. The zero-order valence-electron chi connectivity index (χ0n) is 22.3. The Morgan fingerprint density at radius 2 is 1.80 bits per heavy atom. The summed E-state index contributed by atoms with van der Waals surface area (Å²) < 4.78 is 46.1. The molecule has 4 heterocycles. The second-order valence-electron chi connectivity index (χ2n) is 12.4. The van der Waals surface area contributed by atoms with Crippen LogP contribution in [0.3, 0.4) is 0 Å². The molecule has 4 aliphatic heterocycles. The van der Waals surface area contributed by atoms with E-state index in [2.05, 4.69) is 11.8 Å². The highest BCUT2D eigenvalue weighted by atomic mass is 16.6. The third-order valence-electron chi connectivity index (χ3n) is 12.5. The molecule has 0 unspecified atom stereocenters. The van der Waals surface area contributed by atoms with Gasteiger partial charge in [0.05, 0.1) is 37.1 Å². The molecule has 8 heteroatoms. The lowest BCUT2D eigenvalue weighted by Crippen LogP contribution is -2.87. The highest BCUT2D eigenvalue weighted by molar-refractivity contribution is 5.44. The Balaban J connectivity index is 1.58. The number of hydrogen-bond donors (Lipinski definition) is 0. The van der Waals surface area contributed by atoms with Crippen LogP contribution in [0, 0.1) is 34.5 Å². The minimum Gasteiger partial charge on any atom is -0.384 e. The molecule has 0 aromatic carbocycles. The van der Waals surface area contributed by atoms with E-state index in [0.29, 0.717) is 18.4 Å². The number of hydrogen-bond acceptors (Lipinski definition) is 8. The lowest BCUT2D eigenvalue weighted by atomic mass is 9.40. The van der Waals surface area contributed by atoms with E-state index in [-0.39, 0.29) is 59.4 Å². The van der Waals surface area contributed by atoms with Crippen LogP contribution in [-0.2, 0) is 33.2 Å². The van der Waals surface area contributed by atoms with Crippen molar-refractivity contribution in [1.29, 1.82) is 0 Å². The van der Waals surface area contributed by atoms with Gasteiger partial charge in [0.25, 0.3) is 0 Å². The summed E-state index contributed by atoms with van der Waals surface area (Å²) in [5.74, 6) is 1.21. The van der Waals surface area contributed by atoms with Gasteiger partial charge in [-0.15, -0.1) is 0 Å². The van der Waals surface area contributed by atoms with Gasteiger partial charge in [-0.2, -0.15) is 0 Å². The summed E-state index contributed by atoms with van der Waals surface area (Å²) in [6.45, 7) is 3.84. The van der Waals surface area contributed by atoms with Crippen LogP contribution in [-0.4, -0.2) is 109 Å². The normalized spacial score (nSPS) is 61.1. The first-order valence-corrected chi connectivity index (χ1v) is 13.6. The molecule has 0 amide bonds. The molecule has 8 nitrogen and oxygen atoms in total. The second kappa shape index (κ2) is 7.41. The van der Waals surface area contributed by atoms with Crippen molar-refractivity contribution in [3.05, 3.63) is 0 Å². The van der Waals surface area contributed by atoms with Crippen molar-refractivity contribution in [1.82, 2.24) is 4.90 Å². The number of piperidine rings is 1. The molecule has 5 saturated carbocycles. The lowest BCUT2D eigenvalue weighted by Gasteiger charge is -2.76. The number of fused-ring (bicyclic) bond motifs is 3. The summed E-state index contributed by atoms with van der Waals surface area (Å²) in [5, 5.41) is 0. The summed E-state index contributed by atoms with van der Waals surface area (Å²) in [6, 6.07) is 0.155. The molecule has 198 valence electrons. The molecule has 0 aromatic heterocycles. The molecule has 4 saturated heterocycles. The number of ether oxygens (including phenoxy) is 7. The molecule has 0 radical (unpaired) electrons.